The van der Waals surface area contributed by atoms with Crippen LogP contribution in [0.3, 0.4) is 0 Å². The van der Waals surface area contributed by atoms with Gasteiger partial charge in [-0.15, -0.1) is 0 Å². The summed E-state index contributed by atoms with van der Waals surface area (Å²) in [6.07, 6.45) is 3.91. The quantitative estimate of drug-likeness (QED) is 0.194. The molecule has 3 aromatic heterocycles. The Morgan fingerprint density at radius 2 is 1.96 bits per heavy atom. The zero-order valence-corrected chi connectivity index (χ0v) is 26.0. The van der Waals surface area contributed by atoms with Crippen LogP contribution < -0.4 is 20.5 Å². The SMILES string of the molecule is COc1cc(C(=O)NC[C@@](O)(c2ccsc2)c2cc3c(c(-c4cc(F)c(F)cc4F)n2)OC[C@]3(C)C(N)=O)cc2cn(C3CC3)nc12. The molecule has 47 heavy (non-hydrogen) atoms. The molecule has 242 valence electrons. The molecule has 1 aliphatic carbocycles. The summed E-state index contributed by atoms with van der Waals surface area (Å²) >= 11 is 1.27. The van der Waals surface area contributed by atoms with Crippen LogP contribution in [-0.4, -0.2) is 51.9 Å². The van der Waals surface area contributed by atoms with Gasteiger partial charge in [-0.1, -0.05) is 0 Å². The second-order valence-corrected chi connectivity index (χ2v) is 12.8. The number of nitrogens with one attached hydrogen (secondary N) is 1. The van der Waals surface area contributed by atoms with Gasteiger partial charge < -0.3 is 25.6 Å². The van der Waals surface area contributed by atoms with E-state index in [2.05, 4.69) is 15.4 Å². The van der Waals surface area contributed by atoms with Gasteiger partial charge >= 0.3 is 0 Å². The van der Waals surface area contributed by atoms with Crippen LogP contribution in [0.25, 0.3) is 22.2 Å². The number of fused-ring (bicyclic) bond motifs is 2. The van der Waals surface area contributed by atoms with Gasteiger partial charge in [0, 0.05) is 39.9 Å². The smallest absolute Gasteiger partial charge is 0.251 e. The van der Waals surface area contributed by atoms with E-state index in [1.54, 1.807) is 29.0 Å². The molecule has 1 fully saturated rings. The fraction of sp³-hybridized carbons (Fsp3) is 0.273. The largest absolute Gasteiger partial charge is 0.494 e. The van der Waals surface area contributed by atoms with Crippen molar-refractivity contribution < 1.29 is 37.3 Å². The Morgan fingerprint density at radius 3 is 2.64 bits per heavy atom. The lowest BCUT2D eigenvalue weighted by molar-refractivity contribution is -0.123. The molecule has 5 aromatic rings. The topological polar surface area (TPSA) is 142 Å². The lowest BCUT2D eigenvalue weighted by atomic mass is 9.81. The number of rotatable bonds is 9. The molecule has 2 amide bonds. The molecular weight excluding hydrogens is 635 g/mol. The average Bonchev–Trinajstić information content (AvgIpc) is 3.41. The maximum atomic E-state index is 15.2. The number of hydrogen-bond acceptors (Lipinski definition) is 8. The maximum Gasteiger partial charge on any atom is 0.251 e. The maximum absolute atomic E-state index is 15.2. The van der Waals surface area contributed by atoms with Crippen molar-refractivity contribution in [3.63, 3.8) is 0 Å². The fourth-order valence-electron chi connectivity index (χ4n) is 5.77. The number of nitrogens with two attached hydrogens (primary N) is 1. The van der Waals surface area contributed by atoms with Crippen LogP contribution in [-0.2, 0) is 15.8 Å². The number of carbonyl (C=O) groups is 2. The zero-order valence-electron chi connectivity index (χ0n) is 25.1. The van der Waals surface area contributed by atoms with Gasteiger partial charge in [0.2, 0.25) is 5.91 Å². The fourth-order valence-corrected chi connectivity index (χ4v) is 6.49. The van der Waals surface area contributed by atoms with Gasteiger partial charge in [0.15, 0.2) is 11.6 Å². The molecule has 1 saturated carbocycles. The number of aliphatic hydroxyl groups is 1. The molecular formula is C33H28F3N5O5S. The average molecular weight is 664 g/mol. The Labute approximate surface area is 269 Å². The number of thiophene rings is 1. The molecule has 0 spiro atoms. The highest BCUT2D eigenvalue weighted by molar-refractivity contribution is 7.08. The third-order valence-corrected chi connectivity index (χ3v) is 9.49. The third kappa shape index (κ3) is 5.08. The van der Waals surface area contributed by atoms with Crippen molar-refractivity contribution in [1.29, 1.82) is 0 Å². The predicted octanol–water partition coefficient (Wildman–Crippen LogP) is 4.72. The Bertz CT molecular complexity index is 2080. The Balaban J connectivity index is 1.32. The van der Waals surface area contributed by atoms with Crippen molar-refractivity contribution in [3.8, 4) is 22.8 Å². The van der Waals surface area contributed by atoms with Gasteiger partial charge in [-0.2, -0.15) is 16.4 Å². The van der Waals surface area contributed by atoms with Crippen molar-refractivity contribution in [1.82, 2.24) is 20.1 Å². The second-order valence-electron chi connectivity index (χ2n) is 12.0. The highest BCUT2D eigenvalue weighted by Crippen LogP contribution is 2.47. The molecule has 2 atom stereocenters. The number of pyridine rings is 1. The monoisotopic (exact) mass is 663 g/mol. The van der Waals surface area contributed by atoms with Crippen LogP contribution >= 0.6 is 11.3 Å². The number of primary amides is 1. The molecule has 4 heterocycles. The number of hydrogen-bond donors (Lipinski definition) is 3. The molecule has 7 rings (SSSR count). The van der Waals surface area contributed by atoms with E-state index in [1.807, 2.05) is 10.9 Å². The van der Waals surface area contributed by atoms with E-state index in [1.165, 1.54) is 31.4 Å². The number of methoxy groups -OCH3 is 1. The standard InChI is InChI=1S/C33H28F3N5O5S/c1-32(31(37)43)15-46-29-21(32)10-26(39-28(29)20-9-23(35)24(36)11-22(20)34)33(44,18-5-6-47-13-18)14-38-30(42)16-7-17-12-41(19-3-4-19)40-27(17)25(8-16)45-2/h5-13,19,44H,3-4,14-15H2,1-2H3,(H2,37,43)(H,38,42)/t32-,33+/m0/s1. The van der Waals surface area contributed by atoms with Crippen molar-refractivity contribution in [2.24, 2.45) is 5.73 Å². The zero-order chi connectivity index (χ0) is 33.2. The first-order chi connectivity index (χ1) is 22.4. The number of nitrogens with zero attached hydrogens (tertiary/aromatic N) is 3. The summed E-state index contributed by atoms with van der Waals surface area (Å²) in [5, 5.41) is 23.8. The minimum atomic E-state index is -2.05. The summed E-state index contributed by atoms with van der Waals surface area (Å²) in [6, 6.07) is 7.57. The van der Waals surface area contributed by atoms with E-state index in [9.17, 15) is 23.5 Å². The number of halogens is 3. The van der Waals surface area contributed by atoms with Gasteiger partial charge in [0.05, 0.1) is 25.4 Å². The summed E-state index contributed by atoms with van der Waals surface area (Å²) < 4.78 is 56.6. The molecule has 14 heteroatoms. The van der Waals surface area contributed by atoms with E-state index in [4.69, 9.17) is 15.2 Å². The van der Waals surface area contributed by atoms with Crippen LogP contribution in [0.4, 0.5) is 13.2 Å². The van der Waals surface area contributed by atoms with Crippen molar-refractivity contribution >= 4 is 34.1 Å². The normalized spacial score (nSPS) is 18.4. The van der Waals surface area contributed by atoms with Crippen molar-refractivity contribution in [2.75, 3.05) is 20.3 Å². The Morgan fingerprint density at radius 1 is 1.19 bits per heavy atom. The molecule has 0 radical (unpaired) electrons. The second kappa shape index (κ2) is 11.1. The first-order valence-corrected chi connectivity index (χ1v) is 15.6. The number of amides is 2. The summed E-state index contributed by atoms with van der Waals surface area (Å²) in [7, 11) is 1.48. The molecule has 2 aromatic carbocycles. The van der Waals surface area contributed by atoms with Gasteiger partial charge in [-0.25, -0.2) is 18.2 Å². The summed E-state index contributed by atoms with van der Waals surface area (Å²) in [4.78, 5) is 30.8. The number of ether oxygens (including phenoxy) is 2. The molecule has 2 aliphatic rings. The van der Waals surface area contributed by atoms with E-state index in [-0.39, 0.29) is 34.9 Å². The van der Waals surface area contributed by atoms with E-state index < -0.39 is 52.4 Å². The van der Waals surface area contributed by atoms with Crippen LogP contribution in [0.1, 0.15) is 53.0 Å². The van der Waals surface area contributed by atoms with Gasteiger partial charge in [-0.3, -0.25) is 14.3 Å². The summed E-state index contributed by atoms with van der Waals surface area (Å²) in [6.45, 7) is 0.844. The van der Waals surface area contributed by atoms with Crippen molar-refractivity contribution in [2.45, 2.75) is 36.8 Å². The van der Waals surface area contributed by atoms with Crippen LogP contribution in [0.5, 0.6) is 11.5 Å². The molecule has 4 N–H and O–H groups in total. The van der Waals surface area contributed by atoms with Crippen LogP contribution in [0.15, 0.2) is 53.4 Å². The molecule has 1 aliphatic heterocycles. The van der Waals surface area contributed by atoms with Crippen LogP contribution in [0.2, 0.25) is 0 Å². The summed E-state index contributed by atoms with van der Waals surface area (Å²) in [5.74, 6) is -4.87. The molecule has 0 bridgehead atoms. The van der Waals surface area contributed by atoms with Gasteiger partial charge in [0.1, 0.15) is 46.1 Å². The Kier molecular flexibility index (Phi) is 7.24. The first kappa shape index (κ1) is 30.7. The highest BCUT2D eigenvalue weighted by atomic mass is 32.1. The number of aromatic nitrogens is 3. The highest BCUT2D eigenvalue weighted by Gasteiger charge is 2.46. The molecule has 0 unspecified atom stereocenters. The summed E-state index contributed by atoms with van der Waals surface area (Å²) in [5.41, 5.74) is 2.76. The minimum Gasteiger partial charge on any atom is -0.494 e. The minimum absolute atomic E-state index is 0.0659. The lowest BCUT2D eigenvalue weighted by Crippen LogP contribution is -2.43. The van der Waals surface area contributed by atoms with Gasteiger partial charge in [0.25, 0.3) is 5.91 Å². The van der Waals surface area contributed by atoms with Gasteiger partial charge in [-0.05, 0) is 60.9 Å². The first-order valence-electron chi connectivity index (χ1n) is 14.7. The van der Waals surface area contributed by atoms with Crippen LogP contribution in [0, 0.1) is 17.5 Å². The Hall–Kier alpha value is -4.95. The van der Waals surface area contributed by atoms with E-state index >= 15 is 4.39 Å². The van der Waals surface area contributed by atoms with E-state index in [0.29, 0.717) is 40.4 Å². The number of carbonyl (C=O) groups excluding carboxylic acids is 2. The molecule has 10 nitrogen and oxygen atoms in total. The predicted molar refractivity (Wildman–Crippen MR) is 166 cm³/mol. The lowest BCUT2D eigenvalue weighted by Gasteiger charge is -2.29. The number of benzene rings is 2. The van der Waals surface area contributed by atoms with Crippen molar-refractivity contribution in [3.05, 3.63) is 93.2 Å². The van der Waals surface area contributed by atoms with E-state index in [0.717, 1.165) is 12.8 Å². The third-order valence-electron chi connectivity index (χ3n) is 8.80. The molecule has 0 saturated heterocycles.